The highest BCUT2D eigenvalue weighted by Gasteiger charge is 2.32. The highest BCUT2D eigenvalue weighted by atomic mass is 35.5. The molecule has 3 nitrogen and oxygen atoms in total. The van der Waals surface area contributed by atoms with Gasteiger partial charge in [-0.3, -0.25) is 0 Å². The Balaban J connectivity index is 3.08. The van der Waals surface area contributed by atoms with Crippen LogP contribution in [0.3, 0.4) is 0 Å². The van der Waals surface area contributed by atoms with E-state index in [4.69, 9.17) is 22.4 Å². The van der Waals surface area contributed by atoms with E-state index in [9.17, 15) is 13.2 Å². The molecule has 84 valence electrons. The van der Waals surface area contributed by atoms with E-state index in [-0.39, 0.29) is 16.3 Å². The molecular formula is C8H7ClF3NO2. The summed E-state index contributed by atoms with van der Waals surface area (Å²) < 4.78 is 39.3. The van der Waals surface area contributed by atoms with E-state index in [1.807, 2.05) is 0 Å². The van der Waals surface area contributed by atoms with Gasteiger partial charge in [0.1, 0.15) is 5.75 Å². The Bertz CT molecular complexity index is 368. The number of alkyl halides is 3. The van der Waals surface area contributed by atoms with Gasteiger partial charge >= 0.3 is 6.36 Å². The number of ether oxygens (including phenoxy) is 1. The van der Waals surface area contributed by atoms with Crippen LogP contribution in [-0.4, -0.2) is 11.5 Å². The minimum atomic E-state index is -4.83. The zero-order valence-corrected chi connectivity index (χ0v) is 8.06. The van der Waals surface area contributed by atoms with Gasteiger partial charge in [0.15, 0.2) is 0 Å². The first-order chi connectivity index (χ1) is 6.83. The molecule has 15 heavy (non-hydrogen) atoms. The van der Waals surface area contributed by atoms with Gasteiger partial charge in [0.2, 0.25) is 0 Å². The van der Waals surface area contributed by atoms with Crippen LogP contribution in [0, 0.1) is 0 Å². The van der Waals surface area contributed by atoms with Gasteiger partial charge in [0, 0.05) is 11.3 Å². The summed E-state index contributed by atoms with van der Waals surface area (Å²) in [6, 6.07) is 2.04. The standard InChI is InChI=1S/C8H7ClF3NO2/c9-5-2-6(13)4(3-14)1-7(5)15-8(10,11)12/h1-2,14H,3,13H2. The molecule has 0 radical (unpaired) electrons. The zero-order valence-electron chi connectivity index (χ0n) is 7.31. The van der Waals surface area contributed by atoms with Crippen LogP contribution in [0.4, 0.5) is 18.9 Å². The average molecular weight is 242 g/mol. The van der Waals surface area contributed by atoms with Gasteiger partial charge in [-0.15, -0.1) is 13.2 Å². The number of aliphatic hydroxyl groups excluding tert-OH is 1. The summed E-state index contributed by atoms with van der Waals surface area (Å²) in [5, 5.41) is 8.51. The quantitative estimate of drug-likeness (QED) is 0.782. The molecule has 1 aromatic rings. The molecular weight excluding hydrogens is 235 g/mol. The van der Waals surface area contributed by atoms with Crippen LogP contribution in [0.2, 0.25) is 5.02 Å². The second-order valence-electron chi connectivity index (χ2n) is 2.69. The molecule has 7 heteroatoms. The third kappa shape index (κ3) is 3.17. The summed E-state index contributed by atoms with van der Waals surface area (Å²) in [7, 11) is 0. The molecule has 0 spiro atoms. The monoisotopic (exact) mass is 241 g/mol. The van der Waals surface area contributed by atoms with Gasteiger partial charge in [-0.05, 0) is 12.1 Å². The fraction of sp³-hybridized carbons (Fsp3) is 0.250. The average Bonchev–Trinajstić information content (AvgIpc) is 2.07. The number of aliphatic hydroxyl groups is 1. The van der Waals surface area contributed by atoms with E-state index in [2.05, 4.69) is 4.74 Å². The van der Waals surface area contributed by atoms with Crippen molar-refractivity contribution in [2.45, 2.75) is 13.0 Å². The number of hydrogen-bond acceptors (Lipinski definition) is 3. The van der Waals surface area contributed by atoms with Crippen molar-refractivity contribution in [2.24, 2.45) is 0 Å². The van der Waals surface area contributed by atoms with Crippen LogP contribution >= 0.6 is 11.6 Å². The van der Waals surface area contributed by atoms with Crippen molar-refractivity contribution in [1.29, 1.82) is 0 Å². The largest absolute Gasteiger partial charge is 0.573 e. The van der Waals surface area contributed by atoms with E-state index in [0.29, 0.717) is 0 Å². The fourth-order valence-electron chi connectivity index (χ4n) is 0.951. The molecule has 0 unspecified atom stereocenters. The van der Waals surface area contributed by atoms with Crippen molar-refractivity contribution in [3.8, 4) is 5.75 Å². The van der Waals surface area contributed by atoms with E-state index in [1.54, 1.807) is 0 Å². The minimum absolute atomic E-state index is 0.108. The van der Waals surface area contributed by atoms with Gasteiger partial charge in [-0.25, -0.2) is 0 Å². The minimum Gasteiger partial charge on any atom is -0.404 e. The Hall–Kier alpha value is -1.14. The van der Waals surface area contributed by atoms with Crippen molar-refractivity contribution in [3.05, 3.63) is 22.7 Å². The molecule has 0 aromatic heterocycles. The van der Waals surface area contributed by atoms with Crippen molar-refractivity contribution in [3.63, 3.8) is 0 Å². The first kappa shape index (κ1) is 11.9. The Labute approximate surface area is 88.2 Å². The maximum atomic E-state index is 11.9. The molecule has 3 N–H and O–H groups in total. The summed E-state index contributed by atoms with van der Waals surface area (Å²) >= 11 is 5.48. The summed E-state index contributed by atoms with van der Waals surface area (Å²) in [4.78, 5) is 0. The molecule has 0 amide bonds. The van der Waals surface area contributed by atoms with Crippen molar-refractivity contribution >= 4 is 17.3 Å². The lowest BCUT2D eigenvalue weighted by Crippen LogP contribution is -2.17. The van der Waals surface area contributed by atoms with E-state index in [0.717, 1.165) is 12.1 Å². The molecule has 0 saturated heterocycles. The number of halogens is 4. The second-order valence-corrected chi connectivity index (χ2v) is 3.09. The number of anilines is 1. The van der Waals surface area contributed by atoms with Gasteiger partial charge in [0.25, 0.3) is 0 Å². The van der Waals surface area contributed by atoms with E-state index >= 15 is 0 Å². The van der Waals surface area contributed by atoms with Crippen molar-refractivity contribution < 1.29 is 23.0 Å². The molecule has 0 aliphatic carbocycles. The lowest BCUT2D eigenvalue weighted by Gasteiger charge is -2.12. The van der Waals surface area contributed by atoms with Crippen LogP contribution in [0.25, 0.3) is 0 Å². The Morgan fingerprint density at radius 2 is 2.00 bits per heavy atom. The number of benzene rings is 1. The highest BCUT2D eigenvalue weighted by molar-refractivity contribution is 6.32. The maximum Gasteiger partial charge on any atom is 0.573 e. The third-order valence-corrected chi connectivity index (χ3v) is 1.89. The molecule has 1 aromatic carbocycles. The summed E-state index contributed by atoms with van der Waals surface area (Å²) in [5.74, 6) is -0.581. The number of rotatable bonds is 2. The lowest BCUT2D eigenvalue weighted by atomic mass is 10.2. The van der Waals surface area contributed by atoms with Crippen LogP contribution in [-0.2, 0) is 6.61 Å². The van der Waals surface area contributed by atoms with E-state index < -0.39 is 18.7 Å². The zero-order chi connectivity index (χ0) is 11.6. The summed E-state index contributed by atoms with van der Waals surface area (Å²) in [6.07, 6.45) is -4.83. The number of nitrogen functional groups attached to an aromatic ring is 1. The predicted molar refractivity (Wildman–Crippen MR) is 48.5 cm³/mol. The lowest BCUT2D eigenvalue weighted by molar-refractivity contribution is -0.274. The Morgan fingerprint density at radius 3 is 2.47 bits per heavy atom. The Kier molecular flexibility index (Phi) is 3.31. The van der Waals surface area contributed by atoms with Gasteiger partial charge in [-0.1, -0.05) is 11.6 Å². The van der Waals surface area contributed by atoms with E-state index in [1.165, 1.54) is 0 Å². The maximum absolute atomic E-state index is 11.9. The molecule has 0 atom stereocenters. The van der Waals surface area contributed by atoms with Crippen LogP contribution < -0.4 is 10.5 Å². The van der Waals surface area contributed by atoms with Crippen molar-refractivity contribution in [2.75, 3.05) is 5.73 Å². The van der Waals surface area contributed by atoms with Crippen LogP contribution in [0.5, 0.6) is 5.75 Å². The fourth-order valence-corrected chi connectivity index (χ4v) is 1.16. The molecule has 0 aliphatic heterocycles. The summed E-state index contributed by atoms with van der Waals surface area (Å²) in [6.45, 7) is -0.489. The van der Waals surface area contributed by atoms with Gasteiger partial charge in [0.05, 0.1) is 11.6 Å². The molecule has 0 aliphatic rings. The predicted octanol–water partition coefficient (Wildman–Crippen LogP) is 2.31. The van der Waals surface area contributed by atoms with Crippen molar-refractivity contribution in [1.82, 2.24) is 0 Å². The van der Waals surface area contributed by atoms with Gasteiger partial charge < -0.3 is 15.6 Å². The number of nitrogens with two attached hydrogens (primary N) is 1. The highest BCUT2D eigenvalue weighted by Crippen LogP contribution is 2.33. The normalized spacial score (nSPS) is 11.5. The molecule has 0 bridgehead atoms. The molecule has 0 saturated carbocycles. The molecule has 0 fully saturated rings. The second kappa shape index (κ2) is 4.16. The smallest absolute Gasteiger partial charge is 0.404 e. The number of hydrogen-bond donors (Lipinski definition) is 2. The SMILES string of the molecule is Nc1cc(Cl)c(OC(F)(F)F)cc1CO. The molecule has 1 rings (SSSR count). The topological polar surface area (TPSA) is 55.5 Å². The summed E-state index contributed by atoms with van der Waals surface area (Å²) in [5.41, 5.74) is 5.62. The third-order valence-electron chi connectivity index (χ3n) is 1.59. The first-order valence-corrected chi connectivity index (χ1v) is 4.16. The van der Waals surface area contributed by atoms with Gasteiger partial charge in [-0.2, -0.15) is 0 Å². The van der Waals surface area contributed by atoms with Crippen LogP contribution in [0.1, 0.15) is 5.56 Å². The molecule has 0 heterocycles. The van der Waals surface area contributed by atoms with Crippen LogP contribution in [0.15, 0.2) is 12.1 Å². The Morgan fingerprint density at radius 1 is 1.40 bits per heavy atom. The first-order valence-electron chi connectivity index (χ1n) is 3.78.